The van der Waals surface area contributed by atoms with Gasteiger partial charge in [-0.05, 0) is 20.3 Å². The molecule has 0 aromatic rings. The maximum atomic E-state index is 12.7. The molecule has 0 aliphatic rings. The van der Waals surface area contributed by atoms with Crippen LogP contribution in [-0.2, 0) is 37.2 Å². The number of carbonyl (C=O) groups is 2. The Hall–Kier alpha value is -1.47. The van der Waals surface area contributed by atoms with Gasteiger partial charge in [0.15, 0.2) is 0 Å². The number of ether oxygens (including phenoxy) is 2. The van der Waals surface area contributed by atoms with E-state index < -0.39 is 19.8 Å². The third kappa shape index (κ3) is 15.1. The molecule has 0 N–H and O–H groups in total. The van der Waals surface area contributed by atoms with Crippen LogP contribution in [0.2, 0.25) is 0 Å². The van der Waals surface area contributed by atoms with Gasteiger partial charge in [-0.2, -0.15) is 0 Å². The summed E-state index contributed by atoms with van der Waals surface area (Å²) in [4.78, 5) is 22.6. The highest BCUT2D eigenvalue weighted by Crippen LogP contribution is 2.49. The molecule has 0 rings (SSSR count). The molecule has 0 aliphatic carbocycles. The molecule has 0 atom stereocenters. The lowest BCUT2D eigenvalue weighted by Crippen LogP contribution is -2.10. The van der Waals surface area contributed by atoms with Crippen molar-refractivity contribution in [2.75, 3.05) is 33.0 Å². The fraction of sp³-hybridized carbons (Fsp3) is 0.700. The summed E-state index contributed by atoms with van der Waals surface area (Å²) in [6.45, 7) is 12.8. The van der Waals surface area contributed by atoms with Crippen molar-refractivity contribution in [3.8, 4) is 0 Å². The van der Waals surface area contributed by atoms with Crippen LogP contribution in [0, 0.1) is 0 Å². The topological polar surface area (TPSA) is 97.4 Å². The summed E-state index contributed by atoms with van der Waals surface area (Å²) in [6, 6.07) is 0. The van der Waals surface area contributed by atoms with E-state index in [4.69, 9.17) is 23.0 Å². The first-order valence-corrected chi connectivity index (χ1v) is 11.4. The van der Waals surface area contributed by atoms with Crippen LogP contribution >= 0.6 is 7.82 Å². The molecular weight excluding hydrogens is 399 g/mol. The summed E-state index contributed by atoms with van der Waals surface area (Å²) < 4.78 is 38.7. The van der Waals surface area contributed by atoms with E-state index in [0.717, 1.165) is 25.7 Å². The summed E-state index contributed by atoms with van der Waals surface area (Å²) in [7, 11) is -3.75. The quantitative estimate of drug-likeness (QED) is 0.132. The van der Waals surface area contributed by atoms with Crippen LogP contribution < -0.4 is 0 Å². The molecule has 0 spiro atoms. The second-order valence-corrected chi connectivity index (χ2v) is 8.22. The van der Waals surface area contributed by atoms with Crippen molar-refractivity contribution in [2.45, 2.75) is 59.3 Å². The van der Waals surface area contributed by atoms with Crippen molar-refractivity contribution in [2.24, 2.45) is 0 Å². The van der Waals surface area contributed by atoms with E-state index in [9.17, 15) is 14.2 Å². The summed E-state index contributed by atoms with van der Waals surface area (Å²) in [5.41, 5.74) is 0.616. The fourth-order valence-electron chi connectivity index (χ4n) is 1.86. The van der Waals surface area contributed by atoms with Gasteiger partial charge >= 0.3 is 19.8 Å². The summed E-state index contributed by atoms with van der Waals surface area (Å²) in [6.07, 6.45) is 4.53. The van der Waals surface area contributed by atoms with E-state index >= 15 is 0 Å². The van der Waals surface area contributed by atoms with Gasteiger partial charge in [0.2, 0.25) is 0 Å². The molecule has 0 saturated carbocycles. The Morgan fingerprint density at radius 1 is 0.690 bits per heavy atom. The maximum Gasteiger partial charge on any atom is 0.474 e. The first-order valence-electron chi connectivity index (χ1n) is 9.90. The van der Waals surface area contributed by atoms with E-state index in [1.807, 2.05) is 0 Å². The summed E-state index contributed by atoms with van der Waals surface area (Å²) in [5, 5.41) is 0. The Labute approximate surface area is 174 Å². The van der Waals surface area contributed by atoms with Crippen LogP contribution in [0.15, 0.2) is 24.3 Å². The predicted octanol–water partition coefficient (Wildman–Crippen LogP) is 4.74. The molecule has 0 unspecified atom stereocenters. The Bertz CT molecular complexity index is 533. The normalized spacial score (nSPS) is 11.1. The summed E-state index contributed by atoms with van der Waals surface area (Å²) in [5.74, 6) is -0.971. The van der Waals surface area contributed by atoms with Crippen molar-refractivity contribution < 1.29 is 37.2 Å². The molecule has 9 heteroatoms. The Balaban J connectivity index is 4.32. The number of hydrogen-bond acceptors (Lipinski definition) is 8. The number of esters is 2. The first kappa shape index (κ1) is 27.5. The Morgan fingerprint density at radius 2 is 1.10 bits per heavy atom. The van der Waals surface area contributed by atoms with Crippen LogP contribution in [0.4, 0.5) is 0 Å². The van der Waals surface area contributed by atoms with Crippen molar-refractivity contribution >= 4 is 19.8 Å². The standard InChI is InChI=1S/C20H35O8P/c1-6-7-8-9-14-26-29(23,27-15-10-12-24-19(21)17(2)3)28-16-11-13-25-20(22)18(4)5/h2,4,6-16H2,1,3,5H3. The van der Waals surface area contributed by atoms with Crippen LogP contribution in [0.3, 0.4) is 0 Å². The highest BCUT2D eigenvalue weighted by atomic mass is 31.2. The highest BCUT2D eigenvalue weighted by Gasteiger charge is 2.26. The molecule has 0 aromatic carbocycles. The third-order valence-corrected chi connectivity index (χ3v) is 4.98. The molecular formula is C20H35O8P. The molecule has 168 valence electrons. The van der Waals surface area contributed by atoms with Gasteiger partial charge in [0.25, 0.3) is 0 Å². The van der Waals surface area contributed by atoms with E-state index in [1.165, 1.54) is 0 Å². The summed E-state index contributed by atoms with van der Waals surface area (Å²) >= 11 is 0. The fourth-order valence-corrected chi connectivity index (χ4v) is 3.15. The largest absolute Gasteiger partial charge is 0.474 e. The van der Waals surface area contributed by atoms with Gasteiger partial charge in [-0.1, -0.05) is 39.3 Å². The number of rotatable bonds is 18. The smallest absolute Gasteiger partial charge is 0.462 e. The van der Waals surface area contributed by atoms with E-state index in [0.29, 0.717) is 24.0 Å². The zero-order valence-electron chi connectivity index (χ0n) is 17.9. The third-order valence-electron chi connectivity index (χ3n) is 3.49. The number of phosphoric ester groups is 1. The van der Waals surface area contributed by atoms with Crippen molar-refractivity contribution in [3.05, 3.63) is 24.3 Å². The molecule has 0 aromatic heterocycles. The number of carbonyl (C=O) groups excluding carboxylic acids is 2. The Morgan fingerprint density at radius 3 is 1.48 bits per heavy atom. The van der Waals surface area contributed by atoms with Crippen molar-refractivity contribution in [3.63, 3.8) is 0 Å². The zero-order valence-corrected chi connectivity index (χ0v) is 18.8. The molecule has 0 radical (unpaired) electrons. The minimum absolute atomic E-state index is 0.0420. The average Bonchev–Trinajstić information content (AvgIpc) is 2.66. The lowest BCUT2D eigenvalue weighted by atomic mass is 10.2. The monoisotopic (exact) mass is 434 g/mol. The highest BCUT2D eigenvalue weighted by molar-refractivity contribution is 7.48. The zero-order chi connectivity index (χ0) is 22.1. The minimum atomic E-state index is -3.75. The molecule has 0 heterocycles. The predicted molar refractivity (Wildman–Crippen MR) is 110 cm³/mol. The molecule has 8 nitrogen and oxygen atoms in total. The molecule has 29 heavy (non-hydrogen) atoms. The molecule has 0 aliphatic heterocycles. The van der Waals surface area contributed by atoms with Crippen LogP contribution in [0.1, 0.15) is 59.3 Å². The van der Waals surface area contributed by atoms with E-state index in [-0.39, 0.29) is 33.0 Å². The molecule has 0 amide bonds. The molecule has 0 bridgehead atoms. The SMILES string of the molecule is C=C(C)C(=O)OCCCOP(=O)(OCCCCCC)OCCCOC(=O)C(=C)C. The maximum absolute atomic E-state index is 12.7. The first-order chi connectivity index (χ1) is 13.7. The minimum Gasteiger partial charge on any atom is -0.462 e. The molecule has 0 fully saturated rings. The number of unbranched alkanes of at least 4 members (excludes halogenated alkanes) is 3. The average molecular weight is 434 g/mol. The van der Waals surface area contributed by atoms with Gasteiger partial charge in [-0.15, -0.1) is 0 Å². The number of phosphoric acid groups is 1. The van der Waals surface area contributed by atoms with Crippen LogP contribution in [0.5, 0.6) is 0 Å². The van der Waals surface area contributed by atoms with Gasteiger partial charge in [0, 0.05) is 24.0 Å². The number of hydrogen-bond donors (Lipinski definition) is 0. The van der Waals surface area contributed by atoms with E-state index in [1.54, 1.807) is 13.8 Å². The second kappa shape index (κ2) is 16.3. The van der Waals surface area contributed by atoms with Gasteiger partial charge in [0.05, 0.1) is 33.0 Å². The van der Waals surface area contributed by atoms with Gasteiger partial charge in [0.1, 0.15) is 0 Å². The van der Waals surface area contributed by atoms with Crippen LogP contribution in [0.25, 0.3) is 0 Å². The second-order valence-electron chi connectivity index (χ2n) is 6.55. The van der Waals surface area contributed by atoms with Gasteiger partial charge < -0.3 is 9.47 Å². The lowest BCUT2D eigenvalue weighted by molar-refractivity contribution is -0.140. The van der Waals surface area contributed by atoms with Crippen molar-refractivity contribution in [1.82, 2.24) is 0 Å². The van der Waals surface area contributed by atoms with E-state index in [2.05, 4.69) is 20.1 Å². The lowest BCUT2D eigenvalue weighted by Gasteiger charge is -2.18. The van der Waals surface area contributed by atoms with Crippen LogP contribution in [-0.4, -0.2) is 45.0 Å². The Kier molecular flexibility index (Phi) is 15.5. The van der Waals surface area contributed by atoms with Gasteiger partial charge in [-0.25, -0.2) is 14.2 Å². The van der Waals surface area contributed by atoms with Crippen molar-refractivity contribution in [1.29, 1.82) is 0 Å². The molecule has 0 saturated heterocycles. The van der Waals surface area contributed by atoms with Gasteiger partial charge in [-0.3, -0.25) is 13.6 Å².